The van der Waals surface area contributed by atoms with Crippen LogP contribution in [-0.2, 0) is 25.5 Å². The number of aromatic nitrogens is 4. The van der Waals surface area contributed by atoms with Crippen LogP contribution in [0.2, 0.25) is 0 Å². The van der Waals surface area contributed by atoms with Gasteiger partial charge in [-0.25, -0.2) is 9.97 Å². The van der Waals surface area contributed by atoms with Crippen molar-refractivity contribution >= 4 is 11.9 Å². The fourth-order valence-corrected chi connectivity index (χ4v) is 19.9. The maximum atomic E-state index is 15.2. The second kappa shape index (κ2) is 19.5. The number of aliphatic carboxylic acids is 1. The molecule has 7 fully saturated rings. The van der Waals surface area contributed by atoms with Crippen LogP contribution in [0.25, 0.3) is 0 Å². The first kappa shape index (κ1) is 54.2. The van der Waals surface area contributed by atoms with Crippen molar-refractivity contribution in [2.75, 3.05) is 19.8 Å². The molecule has 18 heteroatoms. The molecule has 2 aromatic rings. The van der Waals surface area contributed by atoms with Crippen LogP contribution in [0.1, 0.15) is 141 Å². The molecular formula is C58H84N6O12. The SMILES string of the molecule is C[C@]1(CO)CC[C@]2(C(=O)O)C[C@H](Cc3cnc[nH]3)[C@@]34CCC#C[C@H]([C@@H]5[C@@H]([C@H](CC[C@@H](N)O)c6cnc[nH]6)NC(=O)C56CCCC6)[C@H]5[C@@H](O)[C@@H](O[C@@H]6OC[C@@H](O)[C@H](O)[C@H]6O)[C@@](C)(CO)[C@H]6CC[C@]3(C)[C@H](CC=C4[C@@H]2C1)[C@@]56C. The van der Waals surface area contributed by atoms with Crippen molar-refractivity contribution in [3.63, 3.8) is 0 Å². The van der Waals surface area contributed by atoms with E-state index in [2.05, 4.69) is 63.9 Å². The first-order chi connectivity index (χ1) is 36.2. The van der Waals surface area contributed by atoms with Gasteiger partial charge in [-0.3, -0.25) is 9.59 Å². The van der Waals surface area contributed by atoms with E-state index in [-0.39, 0.29) is 55.1 Å². The van der Waals surface area contributed by atoms with E-state index in [1.54, 1.807) is 18.9 Å². The van der Waals surface area contributed by atoms with Crippen molar-refractivity contribution in [1.82, 2.24) is 25.3 Å². The lowest BCUT2D eigenvalue weighted by atomic mass is 9.28. The standard InChI is InChI=1S/C58H84N6O12/c1-52(27-65)19-20-57(51(73)74)22-31(21-32-24-60-29-62-32)58-17-6-5-9-34(42-44(64-50(72)56(42)15-7-8-16-56)33(10-13-41(59)68)37-25-61-30-63-37)43-46(70)48(76-49-47(71)45(69)38(67)26-75-49)53(2,28-66)39-14-18-54(58,3)40(55(39,43)4)12-11-35(58)36(57)23-52/h11,24-25,29-31,33-34,36,38-49,65-71H,6-8,10,12-23,26-28,59H2,1-4H3,(H,60,62)(H,61,63)(H,64,72)(H,73,74)/t31-,33+,34+,36-,38+,39+,40-,41-,42+,43-,44+,45-,46+,47+,48+,49-,52-,53-,54+,55-,57-,58+/m0/s1. The van der Waals surface area contributed by atoms with Gasteiger partial charge in [0.25, 0.3) is 0 Å². The number of nitrogens with two attached hydrogens (primary N) is 1. The molecule has 5 saturated carbocycles. The molecule has 418 valence electrons. The van der Waals surface area contributed by atoms with Crippen molar-refractivity contribution in [1.29, 1.82) is 0 Å². The first-order valence-corrected chi connectivity index (χ1v) is 28.5. The second-order valence-electron chi connectivity index (χ2n) is 26.6. The zero-order valence-corrected chi connectivity index (χ0v) is 44.7. The Morgan fingerprint density at radius 2 is 1.66 bits per heavy atom. The Bertz CT molecular complexity index is 2560. The highest BCUT2D eigenvalue weighted by Gasteiger charge is 2.77. The number of imidazole rings is 2. The first-order valence-electron chi connectivity index (χ1n) is 28.5. The highest BCUT2D eigenvalue weighted by molar-refractivity contribution is 5.86. The number of carbonyl (C=O) groups is 2. The van der Waals surface area contributed by atoms with Gasteiger partial charge < -0.3 is 71.3 Å². The van der Waals surface area contributed by atoms with E-state index in [0.717, 1.165) is 29.8 Å². The molecule has 2 aromatic heterocycles. The second-order valence-corrected chi connectivity index (χ2v) is 26.6. The normalized spacial score (nSPS) is 47.1. The number of hydrogen-bond donors (Lipinski definition) is 12. The number of amides is 1. The Kier molecular flexibility index (Phi) is 13.9. The lowest BCUT2D eigenvalue weighted by Gasteiger charge is -2.75. The summed E-state index contributed by atoms with van der Waals surface area (Å²) < 4.78 is 12.8. The third kappa shape index (κ3) is 7.77. The van der Waals surface area contributed by atoms with Crippen molar-refractivity contribution in [2.45, 2.75) is 185 Å². The number of H-pyrrole nitrogens is 2. The van der Waals surface area contributed by atoms with Gasteiger partial charge in [-0.15, -0.1) is 5.92 Å². The summed E-state index contributed by atoms with van der Waals surface area (Å²) in [6, 6.07) is -0.542. The smallest absolute Gasteiger partial charge is 0.310 e. The number of nitrogens with zero attached hydrogens (tertiary/aromatic N) is 2. The molecule has 0 aromatic carbocycles. The van der Waals surface area contributed by atoms with Gasteiger partial charge in [-0.05, 0) is 123 Å². The van der Waals surface area contributed by atoms with Crippen LogP contribution < -0.4 is 11.1 Å². The number of allylic oxidation sites excluding steroid dienone is 2. The predicted molar refractivity (Wildman–Crippen MR) is 275 cm³/mol. The van der Waals surface area contributed by atoms with Gasteiger partial charge in [0.2, 0.25) is 5.91 Å². The van der Waals surface area contributed by atoms with Gasteiger partial charge in [-0.2, -0.15) is 0 Å². The average Bonchev–Trinajstić information content (AvgIpc) is 4.33. The molecule has 7 aliphatic carbocycles. The van der Waals surface area contributed by atoms with Crippen molar-refractivity contribution in [2.24, 2.45) is 85.1 Å². The van der Waals surface area contributed by atoms with Crippen LogP contribution in [0.3, 0.4) is 0 Å². The van der Waals surface area contributed by atoms with Crippen molar-refractivity contribution < 1.29 is 59.9 Å². The minimum atomic E-state index is -1.68. The Labute approximate surface area is 445 Å². The minimum Gasteiger partial charge on any atom is -0.481 e. The topological polar surface area (TPSA) is 310 Å². The van der Waals surface area contributed by atoms with Gasteiger partial charge >= 0.3 is 5.97 Å². The van der Waals surface area contributed by atoms with Crippen LogP contribution in [0.5, 0.6) is 0 Å². The molecular weight excluding hydrogens is 973 g/mol. The summed E-state index contributed by atoms with van der Waals surface area (Å²) in [7, 11) is 0. The average molecular weight is 1060 g/mol. The Hall–Kier alpha value is -3.74. The Balaban J connectivity index is 1.15. The molecule has 2 aliphatic heterocycles. The summed E-state index contributed by atoms with van der Waals surface area (Å²) in [6.07, 6.45) is 8.41. The summed E-state index contributed by atoms with van der Waals surface area (Å²) >= 11 is 0. The molecule has 2 saturated heterocycles. The number of hydrogen-bond acceptors (Lipinski definition) is 14. The molecule has 22 atom stereocenters. The quantitative estimate of drug-likeness (QED) is 0.0590. The third-order valence-corrected chi connectivity index (χ3v) is 23.4. The summed E-state index contributed by atoms with van der Waals surface area (Å²) in [6.45, 7) is 7.97. The highest BCUT2D eigenvalue weighted by Crippen LogP contribution is 2.80. The molecule has 9 aliphatic rings. The van der Waals surface area contributed by atoms with Crippen molar-refractivity contribution in [3.8, 4) is 11.8 Å². The number of aliphatic hydroxyl groups excluding tert-OH is 7. The van der Waals surface area contributed by atoms with Crippen LogP contribution >= 0.6 is 0 Å². The van der Waals surface area contributed by atoms with E-state index < -0.39 is 117 Å². The van der Waals surface area contributed by atoms with Crippen LogP contribution in [0.4, 0.5) is 0 Å². The number of fused-ring (bicyclic) bond motifs is 2. The fraction of sp³-hybridized carbons (Fsp3) is 0.793. The molecule has 76 heavy (non-hydrogen) atoms. The predicted octanol–water partition coefficient (Wildman–Crippen LogP) is 3.66. The van der Waals surface area contributed by atoms with Crippen molar-refractivity contribution in [3.05, 3.63) is 48.1 Å². The Morgan fingerprint density at radius 1 is 0.908 bits per heavy atom. The third-order valence-electron chi connectivity index (χ3n) is 23.4. The Morgan fingerprint density at radius 3 is 2.33 bits per heavy atom. The van der Waals surface area contributed by atoms with E-state index in [4.69, 9.17) is 15.2 Å². The molecule has 2 spiro atoms. The van der Waals surface area contributed by atoms with Crippen LogP contribution in [0.15, 0.2) is 36.7 Å². The number of rotatable bonds is 13. The monoisotopic (exact) mass is 1060 g/mol. The lowest BCUT2D eigenvalue weighted by Crippen LogP contribution is -2.74. The molecule has 4 heterocycles. The molecule has 0 unspecified atom stereocenters. The van der Waals surface area contributed by atoms with E-state index >= 15 is 4.79 Å². The van der Waals surface area contributed by atoms with Gasteiger partial charge in [0.1, 0.15) is 24.5 Å². The molecule has 4 bridgehead atoms. The van der Waals surface area contributed by atoms with E-state index in [9.17, 15) is 45.6 Å². The number of ether oxygens (including phenoxy) is 2. The molecule has 0 radical (unpaired) electrons. The fourth-order valence-electron chi connectivity index (χ4n) is 19.9. The summed E-state index contributed by atoms with van der Waals surface area (Å²) in [5, 5.41) is 96.0. The van der Waals surface area contributed by atoms with Gasteiger partial charge in [0.05, 0.1) is 48.9 Å². The molecule has 18 nitrogen and oxygen atoms in total. The van der Waals surface area contributed by atoms with E-state index in [1.807, 2.05) is 13.1 Å². The molecule has 13 N–H and O–H groups in total. The van der Waals surface area contributed by atoms with Gasteiger partial charge in [-0.1, -0.05) is 58.1 Å². The summed E-state index contributed by atoms with van der Waals surface area (Å²) in [4.78, 5) is 45.0. The van der Waals surface area contributed by atoms with Crippen LogP contribution in [0, 0.1) is 91.2 Å². The number of aliphatic hydroxyl groups is 7. The zero-order chi connectivity index (χ0) is 54.0. The number of carboxylic acid groups (broad SMARTS) is 1. The molecule has 1 amide bonds. The van der Waals surface area contributed by atoms with Gasteiger partial charge in [0, 0.05) is 77.4 Å². The minimum absolute atomic E-state index is 0.0520. The lowest BCUT2D eigenvalue weighted by molar-refractivity contribution is -0.344. The van der Waals surface area contributed by atoms with E-state index in [1.165, 1.54) is 0 Å². The molecule has 11 rings (SSSR count). The number of nitrogens with one attached hydrogen (secondary N) is 3. The number of aromatic amines is 2. The van der Waals surface area contributed by atoms with E-state index in [0.29, 0.717) is 83.5 Å². The van der Waals surface area contributed by atoms with Gasteiger partial charge in [0.15, 0.2) is 6.29 Å². The summed E-state index contributed by atoms with van der Waals surface area (Å²) in [5.41, 5.74) is 3.27. The maximum Gasteiger partial charge on any atom is 0.310 e. The number of carboxylic acids is 1. The summed E-state index contributed by atoms with van der Waals surface area (Å²) in [5.74, 6) is 3.46. The largest absolute Gasteiger partial charge is 0.481 e. The number of carbonyl (C=O) groups excluding carboxylic acids is 1. The zero-order valence-electron chi connectivity index (χ0n) is 44.7. The maximum absolute atomic E-state index is 15.2. The highest BCUT2D eigenvalue weighted by atomic mass is 16.7. The van der Waals surface area contributed by atoms with Crippen LogP contribution in [-0.4, -0.2) is 142 Å².